The summed E-state index contributed by atoms with van der Waals surface area (Å²) in [5.74, 6) is -1.74. The van der Waals surface area contributed by atoms with Crippen LogP contribution in [0.3, 0.4) is 0 Å². The predicted molar refractivity (Wildman–Crippen MR) is 110 cm³/mol. The molecule has 2 atom stereocenters. The summed E-state index contributed by atoms with van der Waals surface area (Å²) in [7, 11) is 0. The Hall–Kier alpha value is -2.83. The molecule has 0 saturated carbocycles. The van der Waals surface area contributed by atoms with Crippen LogP contribution in [-0.4, -0.2) is 52.1 Å². The molecule has 2 aliphatic rings. The molecule has 2 aliphatic heterocycles. The highest BCUT2D eigenvalue weighted by Gasteiger charge is 2.44. The Morgan fingerprint density at radius 3 is 2.57 bits per heavy atom. The number of benzene rings is 1. The summed E-state index contributed by atoms with van der Waals surface area (Å²) in [4.78, 5) is 39.2. The molecule has 1 N–H and O–H groups in total. The topological polar surface area (TPSA) is 93.1 Å². The quantitative estimate of drug-likeness (QED) is 0.349. The van der Waals surface area contributed by atoms with Gasteiger partial charge in [0.1, 0.15) is 16.9 Å². The van der Waals surface area contributed by atoms with Gasteiger partial charge in [0.15, 0.2) is 6.10 Å². The van der Waals surface area contributed by atoms with Crippen molar-refractivity contribution in [2.45, 2.75) is 70.6 Å². The number of ether oxygens (including phenoxy) is 2. The van der Waals surface area contributed by atoms with Crippen LogP contribution in [0.2, 0.25) is 0 Å². The van der Waals surface area contributed by atoms with Crippen molar-refractivity contribution in [3.05, 3.63) is 47.2 Å². The smallest absolute Gasteiger partial charge is 0.410 e. The van der Waals surface area contributed by atoms with Crippen LogP contribution >= 0.6 is 0 Å². The highest BCUT2D eigenvalue weighted by atomic mass is 16.6. The summed E-state index contributed by atoms with van der Waals surface area (Å²) in [6.07, 6.45) is 1.40. The lowest BCUT2D eigenvalue weighted by Gasteiger charge is -2.36. The van der Waals surface area contributed by atoms with Gasteiger partial charge in [0.2, 0.25) is 5.78 Å². The number of likely N-dealkylation sites (tertiary alicyclic amines) is 1. The molecule has 1 amide bonds. The van der Waals surface area contributed by atoms with E-state index in [0.717, 1.165) is 18.4 Å². The van der Waals surface area contributed by atoms with E-state index in [2.05, 4.69) is 0 Å². The third-order valence-electron chi connectivity index (χ3n) is 5.23. The van der Waals surface area contributed by atoms with Crippen molar-refractivity contribution >= 4 is 17.8 Å². The highest BCUT2D eigenvalue weighted by Crippen LogP contribution is 2.30. The first-order valence-electron chi connectivity index (χ1n) is 10.4. The number of carbonyl (C=O) groups excluding carboxylic acids is 3. The van der Waals surface area contributed by atoms with Gasteiger partial charge in [-0.05, 0) is 58.4 Å². The molecule has 0 aromatic heterocycles. The summed E-state index contributed by atoms with van der Waals surface area (Å²) in [5, 5.41) is 10.8. The SMILES string of the molecule is CC(C)(C)OC(=O)N1CCCCC1C(O)=C1C(=O)OC(CCc2ccccc2)C1=O. The maximum atomic E-state index is 12.8. The number of hydrogen-bond acceptors (Lipinski definition) is 6. The fourth-order valence-corrected chi connectivity index (χ4v) is 3.79. The van der Waals surface area contributed by atoms with Gasteiger partial charge in [-0.15, -0.1) is 0 Å². The van der Waals surface area contributed by atoms with Gasteiger partial charge in [-0.3, -0.25) is 9.69 Å². The molecule has 1 aromatic rings. The molecule has 2 fully saturated rings. The Morgan fingerprint density at radius 1 is 1.20 bits per heavy atom. The number of amides is 1. The van der Waals surface area contributed by atoms with E-state index in [1.807, 2.05) is 30.3 Å². The largest absolute Gasteiger partial charge is 0.509 e. The highest BCUT2D eigenvalue weighted by molar-refractivity contribution is 6.23. The summed E-state index contributed by atoms with van der Waals surface area (Å²) in [6, 6.07) is 8.83. The lowest BCUT2D eigenvalue weighted by molar-refractivity contribution is -0.141. The van der Waals surface area contributed by atoms with Gasteiger partial charge in [-0.2, -0.15) is 0 Å². The Morgan fingerprint density at radius 2 is 1.90 bits per heavy atom. The van der Waals surface area contributed by atoms with E-state index in [4.69, 9.17) is 9.47 Å². The normalized spacial score (nSPS) is 23.9. The summed E-state index contributed by atoms with van der Waals surface area (Å²) >= 11 is 0. The summed E-state index contributed by atoms with van der Waals surface area (Å²) in [6.45, 7) is 5.67. The lowest BCUT2D eigenvalue weighted by Crippen LogP contribution is -2.47. The number of nitrogens with zero attached hydrogens (tertiary/aromatic N) is 1. The minimum absolute atomic E-state index is 0.339. The number of aliphatic hydroxyl groups excluding tert-OH is 1. The molecule has 30 heavy (non-hydrogen) atoms. The molecule has 7 heteroatoms. The average molecular weight is 415 g/mol. The Labute approximate surface area is 176 Å². The number of Topliss-reactive ketones (excluding diaryl/α,β-unsaturated/α-hetero) is 1. The Bertz CT molecular complexity index is 839. The van der Waals surface area contributed by atoms with Crippen LogP contribution in [0.15, 0.2) is 41.7 Å². The van der Waals surface area contributed by atoms with E-state index in [-0.39, 0.29) is 5.57 Å². The summed E-state index contributed by atoms with van der Waals surface area (Å²) < 4.78 is 10.7. The number of rotatable bonds is 4. The van der Waals surface area contributed by atoms with Crippen molar-refractivity contribution in [3.8, 4) is 0 Å². The van der Waals surface area contributed by atoms with Crippen molar-refractivity contribution in [2.75, 3.05) is 6.54 Å². The van der Waals surface area contributed by atoms with Crippen molar-refractivity contribution in [1.29, 1.82) is 0 Å². The number of cyclic esters (lactones) is 1. The number of esters is 1. The molecule has 0 aliphatic carbocycles. The van der Waals surface area contributed by atoms with Crippen molar-refractivity contribution in [3.63, 3.8) is 0 Å². The van der Waals surface area contributed by atoms with E-state index in [1.54, 1.807) is 20.8 Å². The van der Waals surface area contributed by atoms with E-state index in [1.165, 1.54) is 4.90 Å². The fourth-order valence-electron chi connectivity index (χ4n) is 3.79. The molecule has 162 valence electrons. The predicted octanol–water partition coefficient (Wildman–Crippen LogP) is 3.72. The molecular weight excluding hydrogens is 386 g/mol. The van der Waals surface area contributed by atoms with Gasteiger partial charge in [0.25, 0.3) is 0 Å². The number of hydrogen-bond donors (Lipinski definition) is 1. The van der Waals surface area contributed by atoms with Crippen LogP contribution in [-0.2, 0) is 25.5 Å². The van der Waals surface area contributed by atoms with Gasteiger partial charge >= 0.3 is 12.1 Å². The van der Waals surface area contributed by atoms with Crippen LogP contribution in [0.25, 0.3) is 0 Å². The first kappa shape index (κ1) is 21.9. The van der Waals surface area contributed by atoms with Gasteiger partial charge < -0.3 is 14.6 Å². The van der Waals surface area contributed by atoms with Gasteiger partial charge in [-0.1, -0.05) is 30.3 Å². The fraction of sp³-hybridized carbons (Fsp3) is 0.522. The molecule has 2 unspecified atom stereocenters. The van der Waals surface area contributed by atoms with Crippen LogP contribution < -0.4 is 0 Å². The molecule has 2 heterocycles. The van der Waals surface area contributed by atoms with Gasteiger partial charge in [-0.25, -0.2) is 9.59 Å². The van der Waals surface area contributed by atoms with Crippen molar-refractivity contribution in [1.82, 2.24) is 4.90 Å². The van der Waals surface area contributed by atoms with Gasteiger partial charge in [0, 0.05) is 6.54 Å². The number of ketones is 1. The second kappa shape index (κ2) is 8.90. The second-order valence-electron chi connectivity index (χ2n) is 8.73. The molecule has 0 spiro atoms. The molecule has 1 aromatic carbocycles. The molecular formula is C23H29NO6. The molecule has 2 saturated heterocycles. The zero-order valence-electron chi connectivity index (χ0n) is 17.7. The number of aliphatic hydroxyl groups is 1. The van der Waals surface area contributed by atoms with Crippen molar-refractivity contribution in [2.24, 2.45) is 0 Å². The van der Waals surface area contributed by atoms with Crippen LogP contribution in [0.1, 0.15) is 52.0 Å². The molecule has 7 nitrogen and oxygen atoms in total. The zero-order valence-corrected chi connectivity index (χ0v) is 17.7. The van der Waals surface area contributed by atoms with Gasteiger partial charge in [0.05, 0.1) is 6.04 Å². The maximum absolute atomic E-state index is 12.8. The Kier molecular flexibility index (Phi) is 6.48. The third kappa shape index (κ3) is 5.01. The number of piperidine rings is 1. The zero-order chi connectivity index (χ0) is 21.9. The lowest BCUT2D eigenvalue weighted by atomic mass is 9.95. The molecule has 0 radical (unpaired) electrons. The van der Waals surface area contributed by atoms with E-state index in [9.17, 15) is 19.5 Å². The number of aryl methyl sites for hydroxylation is 1. The van der Waals surface area contributed by atoms with Crippen LogP contribution in [0.5, 0.6) is 0 Å². The number of carbonyl (C=O) groups is 3. The Balaban J connectivity index is 1.76. The molecule has 0 bridgehead atoms. The monoisotopic (exact) mass is 415 g/mol. The third-order valence-corrected chi connectivity index (χ3v) is 5.23. The van der Waals surface area contributed by atoms with Crippen LogP contribution in [0, 0.1) is 0 Å². The van der Waals surface area contributed by atoms with Crippen molar-refractivity contribution < 1.29 is 29.0 Å². The minimum Gasteiger partial charge on any atom is -0.509 e. The second-order valence-corrected chi connectivity index (χ2v) is 8.73. The average Bonchev–Trinajstić information content (AvgIpc) is 2.98. The van der Waals surface area contributed by atoms with E-state index < -0.39 is 41.4 Å². The first-order valence-corrected chi connectivity index (χ1v) is 10.4. The standard InChI is InChI=1S/C23H29NO6/c1-23(2,3)30-22(28)24-14-8-7-11-16(24)19(25)18-20(26)17(29-21(18)27)13-12-15-9-5-4-6-10-15/h4-6,9-10,16-17,25H,7-8,11-14H2,1-3H3. The maximum Gasteiger partial charge on any atom is 0.410 e. The van der Waals surface area contributed by atoms with E-state index >= 15 is 0 Å². The van der Waals surface area contributed by atoms with E-state index in [0.29, 0.717) is 25.8 Å². The first-order chi connectivity index (χ1) is 14.2. The van der Waals surface area contributed by atoms with Crippen LogP contribution in [0.4, 0.5) is 4.79 Å². The minimum atomic E-state index is -0.923. The molecule has 3 rings (SSSR count). The summed E-state index contributed by atoms with van der Waals surface area (Å²) in [5.41, 5.74) is 0.00634.